The summed E-state index contributed by atoms with van der Waals surface area (Å²) in [5.74, 6) is 0.864. The van der Waals surface area contributed by atoms with Gasteiger partial charge in [-0.3, -0.25) is 0 Å². The molecule has 1 aromatic heterocycles. The van der Waals surface area contributed by atoms with Crippen LogP contribution in [0.1, 0.15) is 34.1 Å². The Morgan fingerprint density at radius 2 is 2.08 bits per heavy atom. The fourth-order valence-electron chi connectivity index (χ4n) is 2.66. The maximum absolute atomic E-state index is 11.4. The summed E-state index contributed by atoms with van der Waals surface area (Å²) >= 11 is 10.3. The second-order valence-corrected chi connectivity index (χ2v) is 8.41. The first-order valence-electron chi connectivity index (χ1n) is 8.28. The van der Waals surface area contributed by atoms with Gasteiger partial charge in [0.2, 0.25) is 0 Å². The van der Waals surface area contributed by atoms with Crippen LogP contribution in [-0.4, -0.2) is 32.1 Å². The second-order valence-electron chi connectivity index (χ2n) is 7.58. The second kappa shape index (κ2) is 7.98. The Morgan fingerprint density at radius 1 is 1.36 bits per heavy atom. The van der Waals surface area contributed by atoms with Crippen LogP contribution in [0.4, 0.5) is 0 Å². The zero-order valence-corrected chi connectivity index (χ0v) is 16.8. The van der Waals surface area contributed by atoms with Crippen molar-refractivity contribution < 1.29 is 9.84 Å². The first-order valence-corrected chi connectivity index (χ1v) is 9.11. The van der Waals surface area contributed by atoms with Crippen molar-refractivity contribution in [2.75, 3.05) is 6.61 Å². The van der Waals surface area contributed by atoms with E-state index in [0.717, 1.165) is 5.75 Å². The number of thiol groups is 1. The third-order valence-electron chi connectivity index (χ3n) is 4.42. The Hall–Kier alpha value is -1.24. The number of aliphatic hydroxyl groups is 1. The summed E-state index contributed by atoms with van der Waals surface area (Å²) in [5.41, 5.74) is -1.32. The molecule has 2 aromatic rings. The zero-order chi connectivity index (χ0) is 18.7. The predicted octanol–water partition coefficient (Wildman–Crippen LogP) is 4.10. The summed E-state index contributed by atoms with van der Waals surface area (Å²) in [6.45, 7) is 8.94. The maximum Gasteiger partial charge on any atom is 0.183 e. The summed E-state index contributed by atoms with van der Waals surface area (Å²) in [7, 11) is 0. The molecule has 5 nitrogen and oxygen atoms in total. The fourth-order valence-corrected chi connectivity index (χ4v) is 3.01. The van der Waals surface area contributed by atoms with E-state index in [0.29, 0.717) is 29.8 Å². The first-order chi connectivity index (χ1) is 11.6. The lowest BCUT2D eigenvalue weighted by Crippen LogP contribution is -2.48. The van der Waals surface area contributed by atoms with Crippen molar-refractivity contribution in [2.45, 2.75) is 51.4 Å². The number of benzene rings is 1. The lowest BCUT2D eigenvalue weighted by Gasteiger charge is -2.42. The van der Waals surface area contributed by atoms with Crippen molar-refractivity contribution in [3.05, 3.63) is 35.6 Å². The van der Waals surface area contributed by atoms with Crippen LogP contribution in [0.2, 0.25) is 5.02 Å². The van der Waals surface area contributed by atoms with Crippen molar-refractivity contribution in [1.82, 2.24) is 14.8 Å². The zero-order valence-electron chi connectivity index (χ0n) is 15.1. The van der Waals surface area contributed by atoms with Gasteiger partial charge in [0.1, 0.15) is 12.1 Å². The molecule has 2 atom stereocenters. The highest BCUT2D eigenvalue weighted by atomic mass is 35.5. The molecular weight excluding hydrogens is 358 g/mol. The Balaban J connectivity index is 2.04. The van der Waals surface area contributed by atoms with Crippen LogP contribution in [0.15, 0.2) is 35.7 Å². The molecular formula is C18H26ClN3O2S. The van der Waals surface area contributed by atoms with Gasteiger partial charge in [-0.1, -0.05) is 45.4 Å². The average molecular weight is 384 g/mol. The van der Waals surface area contributed by atoms with Crippen molar-refractivity contribution >= 4 is 24.2 Å². The van der Waals surface area contributed by atoms with Gasteiger partial charge in [-0.05, 0) is 36.0 Å². The quantitative estimate of drug-likeness (QED) is 0.706. The van der Waals surface area contributed by atoms with Crippen LogP contribution in [0.25, 0.3) is 0 Å². The van der Waals surface area contributed by atoms with Crippen LogP contribution < -0.4 is 4.74 Å². The highest BCUT2D eigenvalue weighted by Crippen LogP contribution is 2.37. The molecule has 0 fully saturated rings. The third kappa shape index (κ3) is 5.36. The first kappa shape index (κ1) is 20.1. The molecule has 2 rings (SSSR count). The molecule has 2 unspecified atom stereocenters. The largest absolute Gasteiger partial charge is 0.493 e. The molecule has 0 bridgehead atoms. The molecule has 1 N–H and O–H groups in total. The van der Waals surface area contributed by atoms with Gasteiger partial charge in [0.05, 0.1) is 18.8 Å². The molecule has 7 heteroatoms. The fraction of sp³-hybridized carbons (Fsp3) is 0.556. The van der Waals surface area contributed by atoms with Gasteiger partial charge in [-0.2, -0.15) is 5.10 Å². The molecule has 1 aromatic carbocycles. The highest BCUT2D eigenvalue weighted by molar-refractivity contribution is 7.80. The number of aromatic nitrogens is 3. The van der Waals surface area contributed by atoms with E-state index >= 15 is 0 Å². The number of ether oxygens (including phenoxy) is 1. The minimum Gasteiger partial charge on any atom is -0.493 e. The van der Waals surface area contributed by atoms with Crippen molar-refractivity contribution in [1.29, 1.82) is 0 Å². The van der Waals surface area contributed by atoms with Gasteiger partial charge >= 0.3 is 0 Å². The summed E-state index contributed by atoms with van der Waals surface area (Å²) in [6, 6.07) is 7.32. The molecule has 0 spiro atoms. The predicted molar refractivity (Wildman–Crippen MR) is 102 cm³/mol. The monoisotopic (exact) mass is 383 g/mol. The average Bonchev–Trinajstić information content (AvgIpc) is 2.89. The van der Waals surface area contributed by atoms with Gasteiger partial charge in [0, 0.05) is 5.02 Å². The molecule has 25 heavy (non-hydrogen) atoms. The van der Waals surface area contributed by atoms with Crippen LogP contribution in [0, 0.1) is 11.3 Å². The van der Waals surface area contributed by atoms with E-state index in [1.54, 1.807) is 10.7 Å². The number of rotatable bonds is 7. The third-order valence-corrected chi connectivity index (χ3v) is 5.00. The normalized spacial score (nSPS) is 15.6. The standard InChI is InChI=1S/C18H26ClN3O2S/c1-13(10-24-15-7-5-6-14(19)8-15)9-18(23,17(2,3)4)11-22-16(25)20-12-21-22/h5-8,12-13,23H,9-11H2,1-4H3,(H,20,21,25). The van der Waals surface area contributed by atoms with E-state index in [-0.39, 0.29) is 11.3 Å². The van der Waals surface area contributed by atoms with E-state index in [1.165, 1.54) is 6.33 Å². The van der Waals surface area contributed by atoms with Crippen molar-refractivity contribution in [2.24, 2.45) is 11.3 Å². The molecule has 0 aliphatic carbocycles. The number of halogens is 1. The lowest BCUT2D eigenvalue weighted by molar-refractivity contribution is -0.0932. The van der Waals surface area contributed by atoms with E-state index in [2.05, 4.69) is 29.6 Å². The molecule has 0 aliphatic rings. The molecule has 0 amide bonds. The summed E-state index contributed by atoms with van der Waals surface area (Å²) < 4.78 is 7.44. The number of hydrogen-bond acceptors (Lipinski definition) is 5. The van der Waals surface area contributed by atoms with E-state index in [4.69, 9.17) is 16.3 Å². The van der Waals surface area contributed by atoms with Gasteiger partial charge in [0.15, 0.2) is 5.16 Å². The smallest absolute Gasteiger partial charge is 0.183 e. The minimum atomic E-state index is -0.977. The summed E-state index contributed by atoms with van der Waals surface area (Å²) in [6.07, 6.45) is 2.00. The molecule has 0 saturated carbocycles. The Kier molecular flexibility index (Phi) is 6.40. The van der Waals surface area contributed by atoms with E-state index in [1.807, 2.05) is 39.0 Å². The van der Waals surface area contributed by atoms with Gasteiger partial charge in [-0.15, -0.1) is 12.6 Å². The minimum absolute atomic E-state index is 0.134. The SMILES string of the molecule is CC(COc1cccc(Cl)c1)CC(O)(Cn1ncnc1S)C(C)(C)C. The Bertz CT molecular complexity index is 702. The Labute approximate surface area is 159 Å². The lowest BCUT2D eigenvalue weighted by atomic mass is 9.72. The number of hydrogen-bond donors (Lipinski definition) is 2. The van der Waals surface area contributed by atoms with Gasteiger partial charge < -0.3 is 9.84 Å². The summed E-state index contributed by atoms with van der Waals surface area (Å²) in [4.78, 5) is 4.01. The maximum atomic E-state index is 11.4. The summed E-state index contributed by atoms with van der Waals surface area (Å²) in [5, 5.41) is 16.6. The van der Waals surface area contributed by atoms with Crippen LogP contribution in [0.3, 0.4) is 0 Å². The van der Waals surface area contributed by atoms with Crippen molar-refractivity contribution in [3.8, 4) is 5.75 Å². The molecule has 0 aliphatic heterocycles. The Morgan fingerprint density at radius 3 is 2.64 bits per heavy atom. The van der Waals surface area contributed by atoms with Crippen LogP contribution >= 0.6 is 24.2 Å². The van der Waals surface area contributed by atoms with Gasteiger partial charge in [0.25, 0.3) is 0 Å². The topological polar surface area (TPSA) is 60.2 Å². The van der Waals surface area contributed by atoms with E-state index < -0.39 is 5.60 Å². The van der Waals surface area contributed by atoms with Crippen LogP contribution in [-0.2, 0) is 6.54 Å². The molecule has 1 heterocycles. The molecule has 0 saturated heterocycles. The van der Waals surface area contributed by atoms with E-state index in [9.17, 15) is 5.11 Å². The highest BCUT2D eigenvalue weighted by Gasteiger charge is 2.42. The molecule has 138 valence electrons. The van der Waals surface area contributed by atoms with Gasteiger partial charge in [-0.25, -0.2) is 9.67 Å². The van der Waals surface area contributed by atoms with Crippen molar-refractivity contribution in [3.63, 3.8) is 0 Å². The number of nitrogens with zero attached hydrogens (tertiary/aromatic N) is 3. The molecule has 0 radical (unpaired) electrons. The van der Waals surface area contributed by atoms with Crippen LogP contribution in [0.5, 0.6) is 5.75 Å².